The van der Waals surface area contributed by atoms with Crippen LogP contribution in [0.5, 0.6) is 0 Å². The number of anilines is 1. The van der Waals surface area contributed by atoms with Crippen LogP contribution in [0.4, 0.5) is 11.4 Å². The highest BCUT2D eigenvalue weighted by atomic mass is 32.2. The molecule has 0 aliphatic carbocycles. The van der Waals surface area contributed by atoms with Gasteiger partial charge in [0, 0.05) is 30.3 Å². The fourth-order valence-electron chi connectivity index (χ4n) is 3.09. The van der Waals surface area contributed by atoms with Crippen molar-refractivity contribution in [1.29, 1.82) is 0 Å². The summed E-state index contributed by atoms with van der Waals surface area (Å²) < 4.78 is 5.35. The smallest absolute Gasteiger partial charge is 0.239 e. The molecule has 29 heavy (non-hydrogen) atoms. The van der Waals surface area contributed by atoms with Crippen LogP contribution in [0.25, 0.3) is 0 Å². The Morgan fingerprint density at radius 3 is 2.69 bits per heavy atom. The number of nitrogens with one attached hydrogen (secondary N) is 1. The van der Waals surface area contributed by atoms with Crippen molar-refractivity contribution in [2.75, 3.05) is 42.2 Å². The number of amidine groups is 1. The zero-order chi connectivity index (χ0) is 20.1. The number of hydrogen-bond donors (Lipinski definition) is 1. The molecule has 2 fully saturated rings. The first kappa shape index (κ1) is 20.1. The van der Waals surface area contributed by atoms with Crippen molar-refractivity contribution in [1.82, 2.24) is 9.80 Å². The summed E-state index contributed by atoms with van der Waals surface area (Å²) in [6.07, 6.45) is 1.59. The average molecular weight is 431 g/mol. The molecule has 2 aromatic rings. The molecule has 0 spiro atoms. The molecule has 1 N–H and O–H groups in total. The summed E-state index contributed by atoms with van der Waals surface area (Å²) in [6, 6.07) is 11.0. The number of hydrogen-bond acceptors (Lipinski definition) is 7. The molecule has 2 saturated heterocycles. The van der Waals surface area contributed by atoms with Crippen molar-refractivity contribution in [3.8, 4) is 0 Å². The van der Waals surface area contributed by atoms with E-state index in [0.29, 0.717) is 24.0 Å². The molecule has 152 valence electrons. The highest BCUT2D eigenvalue weighted by Crippen LogP contribution is 2.26. The molecule has 0 radical (unpaired) electrons. The van der Waals surface area contributed by atoms with Gasteiger partial charge < -0.3 is 9.73 Å². The topological polar surface area (TPSA) is 78.2 Å². The molecule has 2 aliphatic rings. The molecule has 0 unspecified atom stereocenters. The monoisotopic (exact) mass is 430 g/mol. The van der Waals surface area contributed by atoms with Crippen LogP contribution >= 0.6 is 23.5 Å². The lowest BCUT2D eigenvalue weighted by molar-refractivity contribution is -0.124. The predicted octanol–water partition coefficient (Wildman–Crippen LogP) is 3.03. The Balaban J connectivity index is 1.36. The van der Waals surface area contributed by atoms with E-state index in [1.165, 1.54) is 11.8 Å². The fraction of sp³-hybridized carbons (Fsp3) is 0.350. The van der Waals surface area contributed by atoms with Crippen molar-refractivity contribution in [2.45, 2.75) is 6.54 Å². The van der Waals surface area contributed by atoms with Crippen molar-refractivity contribution in [3.63, 3.8) is 0 Å². The number of benzene rings is 1. The van der Waals surface area contributed by atoms with E-state index in [0.717, 1.165) is 41.7 Å². The van der Waals surface area contributed by atoms with Gasteiger partial charge >= 0.3 is 0 Å². The summed E-state index contributed by atoms with van der Waals surface area (Å²) in [6.45, 7) is 2.71. The average Bonchev–Trinajstić information content (AvgIpc) is 3.36. The number of aliphatic imine (C=N–C) groups is 1. The van der Waals surface area contributed by atoms with Gasteiger partial charge in [-0.25, -0.2) is 4.99 Å². The second-order valence-electron chi connectivity index (χ2n) is 6.73. The Morgan fingerprint density at radius 2 is 1.97 bits per heavy atom. The molecule has 9 heteroatoms. The molecular formula is C20H22N4O3S2. The lowest BCUT2D eigenvalue weighted by Gasteiger charge is -2.25. The highest BCUT2D eigenvalue weighted by molar-refractivity contribution is 8.15. The molecule has 0 bridgehead atoms. The summed E-state index contributed by atoms with van der Waals surface area (Å²) in [5.74, 6) is 3.28. The van der Waals surface area contributed by atoms with Gasteiger partial charge in [-0.15, -0.1) is 0 Å². The number of furan rings is 1. The van der Waals surface area contributed by atoms with Gasteiger partial charge in [0.15, 0.2) is 5.17 Å². The van der Waals surface area contributed by atoms with E-state index in [9.17, 15) is 9.59 Å². The number of thioether (sulfide) groups is 2. The SMILES string of the molecule is O=C(CN1CCSCC1)Nc1ccc(N=C2SCC(=O)N2Cc2ccco2)cc1. The van der Waals surface area contributed by atoms with Crippen LogP contribution in [0.1, 0.15) is 5.76 Å². The number of rotatable bonds is 6. The first-order valence-electron chi connectivity index (χ1n) is 9.41. The van der Waals surface area contributed by atoms with Crippen molar-refractivity contribution in [2.24, 2.45) is 4.99 Å². The minimum absolute atomic E-state index is 0.00229. The van der Waals surface area contributed by atoms with Gasteiger partial charge in [0.2, 0.25) is 11.8 Å². The number of nitrogens with zero attached hydrogens (tertiary/aromatic N) is 3. The molecular weight excluding hydrogens is 408 g/mol. The predicted molar refractivity (Wildman–Crippen MR) is 118 cm³/mol. The van der Waals surface area contributed by atoms with Gasteiger partial charge in [-0.1, -0.05) is 11.8 Å². The summed E-state index contributed by atoms with van der Waals surface area (Å²) in [4.78, 5) is 32.8. The molecule has 1 aromatic carbocycles. The van der Waals surface area contributed by atoms with Crippen LogP contribution in [0.3, 0.4) is 0 Å². The van der Waals surface area contributed by atoms with Crippen molar-refractivity contribution in [3.05, 3.63) is 48.4 Å². The number of carbonyl (C=O) groups is 2. The zero-order valence-electron chi connectivity index (χ0n) is 15.9. The molecule has 2 aliphatic heterocycles. The minimum atomic E-state index is -0.00229. The molecule has 2 amide bonds. The maximum atomic E-state index is 12.2. The van der Waals surface area contributed by atoms with E-state index in [2.05, 4.69) is 15.2 Å². The first-order chi connectivity index (χ1) is 14.2. The van der Waals surface area contributed by atoms with E-state index in [1.807, 2.05) is 42.1 Å². The Kier molecular flexibility index (Phi) is 6.58. The molecule has 0 atom stereocenters. The van der Waals surface area contributed by atoms with Gasteiger partial charge in [-0.05, 0) is 36.4 Å². The molecule has 4 rings (SSSR count). The largest absolute Gasteiger partial charge is 0.467 e. The molecule has 0 saturated carbocycles. The third-order valence-electron chi connectivity index (χ3n) is 4.60. The van der Waals surface area contributed by atoms with Gasteiger partial charge in [0.05, 0.1) is 30.8 Å². The summed E-state index contributed by atoms with van der Waals surface area (Å²) in [5, 5.41) is 3.60. The normalized spacial score (nSPS) is 19.1. The maximum absolute atomic E-state index is 12.2. The Morgan fingerprint density at radius 1 is 1.17 bits per heavy atom. The van der Waals surface area contributed by atoms with Crippen LogP contribution in [0.2, 0.25) is 0 Å². The van der Waals surface area contributed by atoms with E-state index in [-0.39, 0.29) is 11.8 Å². The van der Waals surface area contributed by atoms with Gasteiger partial charge in [-0.2, -0.15) is 11.8 Å². The standard InChI is InChI=1S/C20H22N4O3S2/c25-18(13-23-7-10-28-11-8-23)21-15-3-5-16(6-4-15)22-20-24(19(26)14-29-20)12-17-2-1-9-27-17/h1-6,9H,7-8,10-14H2,(H,21,25). The Hall–Kier alpha value is -2.23. The third kappa shape index (κ3) is 5.43. The Labute approximate surface area is 177 Å². The fourth-order valence-corrected chi connectivity index (χ4v) is 4.97. The third-order valence-corrected chi connectivity index (χ3v) is 6.50. The van der Waals surface area contributed by atoms with Crippen LogP contribution in [-0.4, -0.2) is 63.7 Å². The second-order valence-corrected chi connectivity index (χ2v) is 8.89. The van der Waals surface area contributed by atoms with Gasteiger partial charge in [0.25, 0.3) is 0 Å². The van der Waals surface area contributed by atoms with Gasteiger partial charge in [0.1, 0.15) is 5.76 Å². The van der Waals surface area contributed by atoms with E-state index in [1.54, 1.807) is 17.2 Å². The van der Waals surface area contributed by atoms with Crippen molar-refractivity contribution < 1.29 is 14.0 Å². The van der Waals surface area contributed by atoms with Crippen LogP contribution in [-0.2, 0) is 16.1 Å². The zero-order valence-corrected chi connectivity index (χ0v) is 17.5. The van der Waals surface area contributed by atoms with Crippen LogP contribution in [0, 0.1) is 0 Å². The van der Waals surface area contributed by atoms with Crippen LogP contribution < -0.4 is 5.32 Å². The van der Waals surface area contributed by atoms with Crippen molar-refractivity contribution >= 4 is 51.9 Å². The van der Waals surface area contributed by atoms with Gasteiger partial charge in [-0.3, -0.25) is 19.4 Å². The Bertz CT molecular complexity index is 878. The lowest BCUT2D eigenvalue weighted by Crippen LogP contribution is -2.38. The quantitative estimate of drug-likeness (QED) is 0.759. The molecule has 1 aromatic heterocycles. The highest BCUT2D eigenvalue weighted by Gasteiger charge is 2.29. The second kappa shape index (κ2) is 9.51. The number of carbonyl (C=O) groups excluding carboxylic acids is 2. The molecule has 7 nitrogen and oxygen atoms in total. The molecule has 3 heterocycles. The summed E-state index contributed by atoms with van der Waals surface area (Å²) >= 11 is 3.35. The summed E-state index contributed by atoms with van der Waals surface area (Å²) in [5.41, 5.74) is 1.48. The van der Waals surface area contributed by atoms with E-state index < -0.39 is 0 Å². The first-order valence-corrected chi connectivity index (χ1v) is 11.6. The van der Waals surface area contributed by atoms with E-state index >= 15 is 0 Å². The summed E-state index contributed by atoms with van der Waals surface area (Å²) in [7, 11) is 0. The minimum Gasteiger partial charge on any atom is -0.467 e. The van der Waals surface area contributed by atoms with E-state index in [4.69, 9.17) is 4.42 Å². The lowest BCUT2D eigenvalue weighted by atomic mass is 10.3. The number of amides is 2. The van der Waals surface area contributed by atoms with Crippen LogP contribution in [0.15, 0.2) is 52.1 Å². The maximum Gasteiger partial charge on any atom is 0.239 e.